The molecule has 1 saturated carbocycles. The van der Waals surface area contributed by atoms with Gasteiger partial charge in [-0.3, -0.25) is 0 Å². The lowest BCUT2D eigenvalue weighted by Crippen LogP contribution is -2.04. The largest absolute Gasteiger partial charge is 0.462 e. The summed E-state index contributed by atoms with van der Waals surface area (Å²) in [6.07, 6.45) is 6.34. The van der Waals surface area contributed by atoms with Crippen LogP contribution < -0.4 is 0 Å². The number of allylic oxidation sites excluding steroid dienone is 1. The van der Waals surface area contributed by atoms with E-state index in [1.807, 2.05) is 31.2 Å². The van der Waals surface area contributed by atoms with E-state index in [2.05, 4.69) is 38.1 Å². The Morgan fingerprint density at radius 3 is 2.37 bits per heavy atom. The fourth-order valence-corrected chi connectivity index (χ4v) is 4.72. The third kappa shape index (κ3) is 3.45. The van der Waals surface area contributed by atoms with E-state index in [0.717, 1.165) is 17.4 Å². The Labute approximate surface area is 162 Å². The fourth-order valence-electron chi connectivity index (χ4n) is 4.72. The molecule has 2 atom stereocenters. The Morgan fingerprint density at radius 1 is 1.04 bits per heavy atom. The van der Waals surface area contributed by atoms with Gasteiger partial charge in [0.25, 0.3) is 0 Å². The minimum absolute atomic E-state index is 0.259. The molecule has 0 N–H and O–H groups in total. The molecule has 1 fully saturated rings. The van der Waals surface area contributed by atoms with Gasteiger partial charge in [0.05, 0.1) is 12.2 Å². The van der Waals surface area contributed by atoms with Crippen LogP contribution in [-0.2, 0) is 4.74 Å². The number of carbonyl (C=O) groups is 1. The first-order valence-electron chi connectivity index (χ1n) is 10.2. The monoisotopic (exact) mass is 360 g/mol. The van der Waals surface area contributed by atoms with E-state index in [-0.39, 0.29) is 5.97 Å². The lowest BCUT2D eigenvalue weighted by Gasteiger charge is -2.19. The summed E-state index contributed by atoms with van der Waals surface area (Å²) in [6.45, 7) is 6.72. The van der Waals surface area contributed by atoms with Crippen LogP contribution in [0.15, 0.2) is 42.5 Å². The molecular formula is C25H28O2. The average Bonchev–Trinajstić information content (AvgIpc) is 3.28. The molecule has 2 aromatic rings. The van der Waals surface area contributed by atoms with E-state index in [1.54, 1.807) is 11.1 Å². The second-order valence-electron chi connectivity index (χ2n) is 8.15. The highest BCUT2D eigenvalue weighted by atomic mass is 16.5. The van der Waals surface area contributed by atoms with Crippen LogP contribution in [0.1, 0.15) is 84.5 Å². The molecule has 2 aliphatic carbocycles. The van der Waals surface area contributed by atoms with Crippen LogP contribution in [-0.4, -0.2) is 12.6 Å². The van der Waals surface area contributed by atoms with Gasteiger partial charge in [0.1, 0.15) is 0 Å². The molecule has 2 heteroatoms. The van der Waals surface area contributed by atoms with Crippen LogP contribution in [0.3, 0.4) is 0 Å². The summed E-state index contributed by atoms with van der Waals surface area (Å²) in [5, 5.41) is 0. The Morgan fingerprint density at radius 2 is 1.70 bits per heavy atom. The molecule has 0 radical (unpaired) electrons. The van der Waals surface area contributed by atoms with Gasteiger partial charge in [0, 0.05) is 0 Å². The SMILES string of the molecule is CCOC(=O)c1ccc(/C=C(/c2ccc3c(c2)C2CCC3C2)C(C)C)cc1. The van der Waals surface area contributed by atoms with Crippen LogP contribution in [0.25, 0.3) is 11.6 Å². The number of rotatable bonds is 5. The van der Waals surface area contributed by atoms with E-state index in [0.29, 0.717) is 18.1 Å². The molecule has 0 saturated heterocycles. The molecule has 4 rings (SSSR count). The molecular weight excluding hydrogens is 332 g/mol. The number of hydrogen-bond acceptors (Lipinski definition) is 2. The highest BCUT2D eigenvalue weighted by molar-refractivity contribution is 5.90. The van der Waals surface area contributed by atoms with Gasteiger partial charge in [-0.2, -0.15) is 0 Å². The van der Waals surface area contributed by atoms with Crippen molar-refractivity contribution in [2.45, 2.75) is 51.9 Å². The summed E-state index contributed by atoms with van der Waals surface area (Å²) in [7, 11) is 0. The summed E-state index contributed by atoms with van der Waals surface area (Å²) < 4.78 is 5.07. The van der Waals surface area contributed by atoms with Crippen LogP contribution in [0.2, 0.25) is 0 Å². The molecule has 0 spiro atoms. The van der Waals surface area contributed by atoms with Crippen molar-refractivity contribution in [3.05, 3.63) is 70.3 Å². The minimum Gasteiger partial charge on any atom is -0.462 e. The van der Waals surface area contributed by atoms with Crippen molar-refractivity contribution >= 4 is 17.6 Å². The maximum absolute atomic E-state index is 11.8. The third-order valence-corrected chi connectivity index (χ3v) is 6.10. The molecule has 27 heavy (non-hydrogen) atoms. The van der Waals surface area contributed by atoms with Gasteiger partial charge in [0.15, 0.2) is 0 Å². The van der Waals surface area contributed by atoms with E-state index >= 15 is 0 Å². The molecule has 2 aliphatic rings. The Kier molecular flexibility index (Phi) is 4.90. The van der Waals surface area contributed by atoms with Gasteiger partial charge < -0.3 is 4.74 Å². The van der Waals surface area contributed by atoms with Gasteiger partial charge in [-0.25, -0.2) is 4.79 Å². The first-order chi connectivity index (χ1) is 13.1. The van der Waals surface area contributed by atoms with E-state index < -0.39 is 0 Å². The van der Waals surface area contributed by atoms with E-state index in [4.69, 9.17) is 4.74 Å². The van der Waals surface area contributed by atoms with Crippen molar-refractivity contribution in [2.24, 2.45) is 5.92 Å². The summed E-state index contributed by atoms with van der Waals surface area (Å²) in [4.78, 5) is 11.8. The van der Waals surface area contributed by atoms with Gasteiger partial charge in [-0.1, -0.05) is 50.3 Å². The second kappa shape index (κ2) is 7.34. The predicted molar refractivity (Wildman–Crippen MR) is 111 cm³/mol. The number of hydrogen-bond donors (Lipinski definition) is 0. The van der Waals surface area contributed by atoms with Crippen molar-refractivity contribution in [1.29, 1.82) is 0 Å². The Hall–Kier alpha value is -2.35. The summed E-state index contributed by atoms with van der Waals surface area (Å²) in [5.74, 6) is 1.76. The van der Waals surface area contributed by atoms with Crippen LogP contribution in [0, 0.1) is 5.92 Å². The molecule has 0 heterocycles. The third-order valence-electron chi connectivity index (χ3n) is 6.10. The topological polar surface area (TPSA) is 26.3 Å². The Bertz CT molecular complexity index is 874. The number of carbonyl (C=O) groups excluding carboxylic acids is 1. The first-order valence-corrected chi connectivity index (χ1v) is 10.2. The van der Waals surface area contributed by atoms with Gasteiger partial charge in [0.2, 0.25) is 0 Å². The predicted octanol–water partition coefficient (Wildman–Crippen LogP) is 6.42. The number of fused-ring (bicyclic) bond motifs is 5. The van der Waals surface area contributed by atoms with E-state index in [9.17, 15) is 4.79 Å². The Balaban J connectivity index is 1.63. The van der Waals surface area contributed by atoms with Crippen LogP contribution in [0.4, 0.5) is 0 Å². The van der Waals surface area contributed by atoms with Crippen molar-refractivity contribution in [3.8, 4) is 0 Å². The number of esters is 1. The summed E-state index contributed by atoms with van der Waals surface area (Å²) >= 11 is 0. The van der Waals surface area contributed by atoms with Crippen molar-refractivity contribution in [1.82, 2.24) is 0 Å². The van der Waals surface area contributed by atoms with E-state index in [1.165, 1.54) is 30.4 Å². The summed E-state index contributed by atoms with van der Waals surface area (Å²) in [5.41, 5.74) is 7.60. The fraction of sp³-hybridized carbons (Fsp3) is 0.400. The van der Waals surface area contributed by atoms with Gasteiger partial charge in [-0.15, -0.1) is 0 Å². The lowest BCUT2D eigenvalue weighted by atomic mass is 9.86. The second-order valence-corrected chi connectivity index (χ2v) is 8.15. The van der Waals surface area contributed by atoms with Crippen molar-refractivity contribution in [3.63, 3.8) is 0 Å². The quantitative estimate of drug-likeness (QED) is 0.454. The van der Waals surface area contributed by atoms with Crippen LogP contribution >= 0.6 is 0 Å². The number of ether oxygens (including phenoxy) is 1. The molecule has 140 valence electrons. The molecule has 0 aliphatic heterocycles. The standard InChI is InChI=1S/C25H28O2/c1-4-27-25(26)18-7-5-17(6-8-18)13-23(16(2)3)21-11-12-22-19-9-10-20(14-19)24(22)15-21/h5-8,11-13,15-16,19-20H,4,9-10,14H2,1-3H3/b23-13+. The van der Waals surface area contributed by atoms with Gasteiger partial charge >= 0.3 is 5.97 Å². The van der Waals surface area contributed by atoms with Crippen LogP contribution in [0.5, 0.6) is 0 Å². The molecule has 0 amide bonds. The normalized spacial score (nSPS) is 20.8. The molecule has 2 bridgehead atoms. The van der Waals surface area contributed by atoms with Crippen molar-refractivity contribution in [2.75, 3.05) is 6.61 Å². The molecule has 0 aromatic heterocycles. The zero-order chi connectivity index (χ0) is 19.0. The smallest absolute Gasteiger partial charge is 0.338 e. The van der Waals surface area contributed by atoms with Crippen molar-refractivity contribution < 1.29 is 9.53 Å². The van der Waals surface area contributed by atoms with Gasteiger partial charge in [-0.05, 0) is 83.9 Å². The molecule has 2 unspecified atom stereocenters. The lowest BCUT2D eigenvalue weighted by molar-refractivity contribution is 0.0526. The maximum atomic E-state index is 11.8. The molecule has 2 aromatic carbocycles. The average molecular weight is 360 g/mol. The zero-order valence-electron chi connectivity index (χ0n) is 16.5. The summed E-state index contributed by atoms with van der Waals surface area (Å²) in [6, 6.07) is 14.8. The first kappa shape index (κ1) is 18.0. The highest BCUT2D eigenvalue weighted by Crippen LogP contribution is 2.53. The highest BCUT2D eigenvalue weighted by Gasteiger charge is 2.36. The zero-order valence-corrected chi connectivity index (χ0v) is 16.5. The maximum Gasteiger partial charge on any atom is 0.338 e. The number of benzene rings is 2. The minimum atomic E-state index is -0.259. The molecule has 2 nitrogen and oxygen atoms in total.